The molecule has 36 heavy (non-hydrogen) atoms. The molecule has 0 aromatic heterocycles. The monoisotopic (exact) mass is 670 g/mol. The van der Waals surface area contributed by atoms with Crippen molar-refractivity contribution in [3.63, 3.8) is 0 Å². The van der Waals surface area contributed by atoms with Gasteiger partial charge < -0.3 is 9.47 Å². The van der Waals surface area contributed by atoms with Crippen molar-refractivity contribution in [2.24, 2.45) is 0 Å². The third kappa shape index (κ3) is 6.95. The van der Waals surface area contributed by atoms with Gasteiger partial charge in [0.25, 0.3) is 0 Å². The largest absolute Gasteiger partial charge is 0.465 e. The number of ether oxygens (including phenoxy) is 2. The molecule has 0 atom stereocenters. The minimum Gasteiger partial charge on any atom is -0.465 e. The number of hydrogen-bond donors (Lipinski definition) is 0. The lowest BCUT2D eigenvalue weighted by Crippen LogP contribution is -2.02. The summed E-state index contributed by atoms with van der Waals surface area (Å²) in [5.41, 5.74) is 0. The fourth-order valence-corrected chi connectivity index (χ4v) is 16.6. The Kier molecular flexibility index (Phi) is 11.2. The van der Waals surface area contributed by atoms with Crippen molar-refractivity contribution in [2.75, 3.05) is 25.7 Å². The van der Waals surface area contributed by atoms with Crippen molar-refractivity contribution in [2.45, 2.75) is 27.7 Å². The van der Waals surface area contributed by atoms with Gasteiger partial charge in [-0.2, -0.15) is 0 Å². The van der Waals surface area contributed by atoms with Crippen LogP contribution in [0.3, 0.4) is 0 Å². The third-order valence-electron chi connectivity index (χ3n) is 4.73. The van der Waals surface area contributed by atoms with Crippen molar-refractivity contribution < 1.29 is 19.1 Å². The predicted octanol–water partition coefficient (Wildman–Crippen LogP) is 9.81. The molecule has 0 bridgehead atoms. The van der Waals surface area contributed by atoms with Gasteiger partial charge in [-0.15, -0.1) is 23.5 Å². The van der Waals surface area contributed by atoms with Gasteiger partial charge in [0.05, 0.1) is 39.6 Å². The number of allylic oxidation sites excluding steroid dienone is 4. The van der Waals surface area contributed by atoms with Gasteiger partial charge in [0.15, 0.2) is 0 Å². The van der Waals surface area contributed by atoms with E-state index in [1.54, 1.807) is 94.1 Å². The van der Waals surface area contributed by atoms with E-state index in [-0.39, 0.29) is 11.9 Å². The number of rotatable bonds is 7. The van der Waals surface area contributed by atoms with Crippen molar-refractivity contribution >= 4 is 130 Å². The Balaban J connectivity index is 1.39. The highest BCUT2D eigenvalue weighted by molar-refractivity contribution is 8.39. The summed E-state index contributed by atoms with van der Waals surface area (Å²) in [6, 6.07) is 0. The molecule has 0 aromatic carbocycles. The molecule has 4 rings (SSSR count). The topological polar surface area (TPSA) is 52.6 Å². The van der Waals surface area contributed by atoms with E-state index < -0.39 is 0 Å². The van der Waals surface area contributed by atoms with Crippen molar-refractivity contribution in [1.29, 1.82) is 0 Å². The Morgan fingerprint density at radius 3 is 1.17 bits per heavy atom. The van der Waals surface area contributed by atoms with Gasteiger partial charge in [-0.3, -0.25) is 0 Å². The Bertz CT molecular complexity index is 1070. The summed E-state index contributed by atoms with van der Waals surface area (Å²) in [6.45, 7) is 8.53. The fraction of sp³-hybridized carbons (Fsp3) is 0.364. The third-order valence-corrected chi connectivity index (χ3v) is 19.2. The number of methoxy groups -OCH3 is 2. The van der Waals surface area contributed by atoms with E-state index in [1.165, 1.54) is 65.8 Å². The molecule has 0 spiro atoms. The molecule has 0 unspecified atom stereocenters. The van der Waals surface area contributed by atoms with E-state index in [4.69, 9.17) is 9.47 Å². The molecule has 0 saturated heterocycles. The summed E-state index contributed by atoms with van der Waals surface area (Å²) in [5.74, 6) is 1.05. The first-order valence-corrected chi connectivity index (χ1v) is 18.9. The number of carbonyl (C=O) groups excluding carboxylic acids is 2. The van der Waals surface area contributed by atoms with Gasteiger partial charge in [0.1, 0.15) is 9.81 Å². The molecule has 0 fully saturated rings. The number of thioether (sulfide) groups is 10. The van der Waals surface area contributed by atoms with Crippen LogP contribution in [-0.4, -0.2) is 37.7 Å². The molecule has 0 saturated carbocycles. The Morgan fingerprint density at radius 2 is 0.861 bits per heavy atom. The van der Waals surface area contributed by atoms with E-state index in [0.717, 1.165) is 28.5 Å². The van der Waals surface area contributed by atoms with Crippen LogP contribution in [0.15, 0.2) is 54.9 Å². The summed E-state index contributed by atoms with van der Waals surface area (Å²) in [5, 5.41) is 0. The molecule has 4 heterocycles. The maximum Gasteiger partial charge on any atom is 0.346 e. The van der Waals surface area contributed by atoms with Crippen LogP contribution in [0.1, 0.15) is 27.7 Å². The van der Waals surface area contributed by atoms with Crippen LogP contribution < -0.4 is 0 Å². The number of carbonyl (C=O) groups is 2. The van der Waals surface area contributed by atoms with Crippen LogP contribution in [-0.2, 0) is 19.1 Å². The molecule has 14 heteroatoms. The average Bonchev–Trinajstić information content (AvgIpc) is 3.63. The fourth-order valence-electron chi connectivity index (χ4n) is 2.68. The summed E-state index contributed by atoms with van der Waals surface area (Å²) < 4.78 is 16.9. The summed E-state index contributed by atoms with van der Waals surface area (Å²) >= 11 is 16.8. The van der Waals surface area contributed by atoms with Crippen LogP contribution in [0, 0.1) is 0 Å². The first-order chi connectivity index (χ1) is 17.2. The molecule has 4 nitrogen and oxygen atoms in total. The quantitative estimate of drug-likeness (QED) is 0.191. The Morgan fingerprint density at radius 1 is 0.556 bits per heavy atom. The minimum atomic E-state index is -0.284. The van der Waals surface area contributed by atoms with Gasteiger partial charge in [-0.25, -0.2) is 9.59 Å². The van der Waals surface area contributed by atoms with Crippen molar-refractivity contribution in [3.8, 4) is 0 Å². The highest BCUT2D eigenvalue weighted by Gasteiger charge is 2.33. The molecule has 4 aliphatic heterocycles. The lowest BCUT2D eigenvalue weighted by molar-refractivity contribution is -0.136. The number of esters is 2. The smallest absolute Gasteiger partial charge is 0.346 e. The Labute approximate surface area is 254 Å². The molecule has 4 aliphatic rings. The van der Waals surface area contributed by atoms with Crippen LogP contribution in [0.4, 0.5) is 0 Å². The van der Waals surface area contributed by atoms with Gasteiger partial charge in [-0.05, 0) is 47.3 Å². The zero-order valence-electron chi connectivity index (χ0n) is 20.1. The molecule has 0 aliphatic carbocycles. The standard InChI is InChI=1S/C22H22O4S10/c1-9-10(2)30-19(29-9)21-33-13(15(23)25-5)17(35-21)27-7-8-28-18-14(16(24)26-6)34-22(36-18)20-31-11(3)12(4)32-20/h7-8H2,1-6H3. The van der Waals surface area contributed by atoms with E-state index >= 15 is 0 Å². The summed E-state index contributed by atoms with van der Waals surface area (Å²) in [6.07, 6.45) is 0. The average molecular weight is 671 g/mol. The van der Waals surface area contributed by atoms with Crippen LogP contribution >= 0.6 is 118 Å². The number of hydrogen-bond acceptors (Lipinski definition) is 14. The normalized spacial score (nSPS) is 20.7. The van der Waals surface area contributed by atoms with Crippen LogP contribution in [0.2, 0.25) is 0 Å². The first kappa shape index (κ1) is 29.9. The van der Waals surface area contributed by atoms with Crippen LogP contribution in [0.25, 0.3) is 0 Å². The molecule has 0 amide bonds. The SMILES string of the molecule is COC(=O)C1=C(SCCSC2=C(C(=O)OC)SC(=C3SC(C)=C(C)S3)S2)SC(=C2SC(C)=C(C)S2)S1. The second-order valence-corrected chi connectivity index (χ2v) is 19.8. The van der Waals surface area contributed by atoms with E-state index in [2.05, 4.69) is 27.7 Å². The molecule has 0 N–H and O–H groups in total. The molecule has 0 aromatic rings. The molecular weight excluding hydrogens is 649 g/mol. The van der Waals surface area contributed by atoms with E-state index in [0.29, 0.717) is 9.81 Å². The first-order valence-electron chi connectivity index (χ1n) is 10.4. The lowest BCUT2D eigenvalue weighted by Gasteiger charge is -2.05. The van der Waals surface area contributed by atoms with Gasteiger partial charge in [-0.1, -0.05) is 94.1 Å². The second-order valence-electron chi connectivity index (χ2n) is 7.10. The molecule has 194 valence electrons. The van der Waals surface area contributed by atoms with E-state index in [1.807, 2.05) is 0 Å². The summed E-state index contributed by atoms with van der Waals surface area (Å²) in [7, 11) is 2.86. The predicted molar refractivity (Wildman–Crippen MR) is 175 cm³/mol. The molecule has 0 radical (unpaired) electrons. The minimum absolute atomic E-state index is 0.284. The zero-order valence-corrected chi connectivity index (χ0v) is 28.3. The Hall–Kier alpha value is 0.880. The highest BCUT2D eigenvalue weighted by atomic mass is 32.2. The van der Waals surface area contributed by atoms with Gasteiger partial charge in [0, 0.05) is 11.5 Å². The zero-order chi connectivity index (χ0) is 26.0. The van der Waals surface area contributed by atoms with Crippen molar-refractivity contribution in [1.82, 2.24) is 0 Å². The lowest BCUT2D eigenvalue weighted by atomic mass is 10.6. The summed E-state index contributed by atoms with van der Waals surface area (Å²) in [4.78, 5) is 31.5. The van der Waals surface area contributed by atoms with Crippen LogP contribution in [0.5, 0.6) is 0 Å². The second kappa shape index (κ2) is 13.5. The van der Waals surface area contributed by atoms with E-state index in [9.17, 15) is 9.59 Å². The maximum atomic E-state index is 12.5. The van der Waals surface area contributed by atoms with Gasteiger partial charge in [0.2, 0.25) is 0 Å². The van der Waals surface area contributed by atoms with Crippen molar-refractivity contribution in [3.05, 3.63) is 54.9 Å². The van der Waals surface area contributed by atoms with Gasteiger partial charge >= 0.3 is 11.9 Å². The highest BCUT2D eigenvalue weighted by Crippen LogP contribution is 2.63. The maximum absolute atomic E-state index is 12.5. The molecular formula is C22H22O4S10.